The van der Waals surface area contributed by atoms with E-state index in [1.807, 2.05) is 32.3 Å². The highest BCUT2D eigenvalue weighted by Crippen LogP contribution is 2.57. The third-order valence-corrected chi connectivity index (χ3v) is 7.46. The zero-order valence-corrected chi connectivity index (χ0v) is 19.5. The third kappa shape index (κ3) is 3.62. The second kappa shape index (κ2) is 8.12. The van der Waals surface area contributed by atoms with Gasteiger partial charge in [-0.3, -0.25) is 19.3 Å². The van der Waals surface area contributed by atoms with Crippen LogP contribution in [-0.2, 0) is 16.7 Å². The second-order valence-electron chi connectivity index (χ2n) is 9.61. The topological polar surface area (TPSA) is 102 Å². The lowest BCUT2D eigenvalue weighted by molar-refractivity contribution is -0.185. The fourth-order valence-corrected chi connectivity index (χ4v) is 5.36. The summed E-state index contributed by atoms with van der Waals surface area (Å²) in [5.41, 5.74) is 2.80. The van der Waals surface area contributed by atoms with Crippen molar-refractivity contribution in [3.8, 4) is 11.5 Å². The summed E-state index contributed by atoms with van der Waals surface area (Å²) in [7, 11) is 1.87. The van der Waals surface area contributed by atoms with E-state index in [-0.39, 0.29) is 23.3 Å². The first kappa shape index (κ1) is 21.2. The van der Waals surface area contributed by atoms with Crippen molar-refractivity contribution in [3.05, 3.63) is 48.2 Å². The van der Waals surface area contributed by atoms with Crippen LogP contribution in [0.15, 0.2) is 36.9 Å². The van der Waals surface area contributed by atoms with Gasteiger partial charge in [0.2, 0.25) is 5.95 Å². The van der Waals surface area contributed by atoms with Crippen molar-refractivity contribution in [1.82, 2.24) is 34.8 Å². The summed E-state index contributed by atoms with van der Waals surface area (Å²) in [6, 6.07) is 5.87. The summed E-state index contributed by atoms with van der Waals surface area (Å²) < 4.78 is 1.75. The van der Waals surface area contributed by atoms with Crippen molar-refractivity contribution in [3.63, 3.8) is 0 Å². The van der Waals surface area contributed by atoms with Crippen molar-refractivity contribution >= 4 is 11.9 Å². The number of anilines is 1. The Bertz CT molecular complexity index is 1210. The minimum absolute atomic E-state index is 0.0450. The Labute approximate surface area is 198 Å². The molecule has 0 radical (unpaired) electrons. The molecule has 3 aliphatic rings. The Hall–Kier alpha value is -3.40. The SMILES string of the molecule is Cc1ccc([C@@H]2CCON2C(=O)[C@@H]2CCN(c3ncnc(-c4ccnn4C)n3)CC23CC3)cn1. The predicted molar refractivity (Wildman–Crippen MR) is 123 cm³/mol. The van der Waals surface area contributed by atoms with Crippen LogP contribution in [0, 0.1) is 18.3 Å². The largest absolute Gasteiger partial charge is 0.340 e. The number of aryl methyl sites for hydroxylation is 2. The van der Waals surface area contributed by atoms with Gasteiger partial charge in [-0.2, -0.15) is 10.1 Å². The summed E-state index contributed by atoms with van der Waals surface area (Å²) in [4.78, 5) is 39.7. The molecule has 3 aromatic heterocycles. The van der Waals surface area contributed by atoms with E-state index in [2.05, 4.69) is 31.0 Å². The highest BCUT2D eigenvalue weighted by molar-refractivity contribution is 5.80. The third-order valence-electron chi connectivity index (χ3n) is 7.46. The quantitative estimate of drug-likeness (QED) is 0.585. The highest BCUT2D eigenvalue weighted by Gasteiger charge is 2.57. The maximum atomic E-state index is 13.7. The predicted octanol–water partition coefficient (Wildman–Crippen LogP) is 2.49. The molecular weight excluding hydrogens is 432 g/mol. The molecule has 3 fully saturated rings. The number of hydrogen-bond acceptors (Lipinski definition) is 8. The van der Waals surface area contributed by atoms with E-state index in [1.54, 1.807) is 22.3 Å². The summed E-state index contributed by atoms with van der Waals surface area (Å²) in [6.07, 6.45) is 8.77. The van der Waals surface area contributed by atoms with Gasteiger partial charge < -0.3 is 4.90 Å². The summed E-state index contributed by atoms with van der Waals surface area (Å²) in [5.74, 6) is 1.31. The van der Waals surface area contributed by atoms with Crippen LogP contribution in [0.5, 0.6) is 0 Å². The lowest BCUT2D eigenvalue weighted by atomic mass is 9.81. The molecule has 6 rings (SSSR count). The van der Waals surface area contributed by atoms with Gasteiger partial charge in [0.1, 0.15) is 12.0 Å². The number of rotatable bonds is 4. The molecule has 3 aromatic rings. The van der Waals surface area contributed by atoms with Crippen molar-refractivity contribution < 1.29 is 9.63 Å². The minimum atomic E-state index is -0.0700. The molecule has 10 heteroatoms. The van der Waals surface area contributed by atoms with Gasteiger partial charge in [-0.05, 0) is 49.3 Å². The number of hydrogen-bond donors (Lipinski definition) is 0. The van der Waals surface area contributed by atoms with E-state index >= 15 is 0 Å². The highest BCUT2D eigenvalue weighted by atomic mass is 16.7. The van der Waals surface area contributed by atoms with Gasteiger partial charge in [-0.1, -0.05) is 6.07 Å². The van der Waals surface area contributed by atoms with Crippen LogP contribution in [0.2, 0.25) is 0 Å². The fourth-order valence-electron chi connectivity index (χ4n) is 5.36. The van der Waals surface area contributed by atoms with Gasteiger partial charge in [-0.15, -0.1) is 0 Å². The fraction of sp³-hybridized carbons (Fsp3) is 0.500. The monoisotopic (exact) mass is 460 g/mol. The van der Waals surface area contributed by atoms with E-state index in [1.165, 1.54) is 0 Å². The normalized spacial score (nSPS) is 23.5. The molecular formula is C24H28N8O2. The standard InChI is InChI=1S/C24H28N8O2/c1-16-3-4-17(13-25-16)19-7-12-34-32(19)22(33)18-6-11-31(14-24(18)8-9-24)23-27-15-26-21(29-23)20-5-10-28-30(20)2/h3-5,10,13,15,18-19H,6-9,11-12,14H2,1-2H3/t18-,19-/m0/s1. The molecule has 10 nitrogen and oxygen atoms in total. The lowest BCUT2D eigenvalue weighted by Gasteiger charge is -2.40. The number of carbonyl (C=O) groups is 1. The maximum Gasteiger partial charge on any atom is 0.250 e. The molecule has 1 amide bonds. The minimum Gasteiger partial charge on any atom is -0.340 e. The molecule has 0 N–H and O–H groups in total. The van der Waals surface area contributed by atoms with Crippen molar-refractivity contribution in [2.24, 2.45) is 18.4 Å². The smallest absolute Gasteiger partial charge is 0.250 e. The average Bonchev–Trinajstić information content (AvgIpc) is 3.23. The van der Waals surface area contributed by atoms with Crippen LogP contribution in [-0.4, -0.2) is 60.4 Å². The summed E-state index contributed by atoms with van der Waals surface area (Å²) in [5, 5.41) is 5.85. The molecule has 1 aliphatic carbocycles. The van der Waals surface area contributed by atoms with Crippen molar-refractivity contribution in [2.75, 3.05) is 24.6 Å². The average molecular weight is 461 g/mol. The van der Waals surface area contributed by atoms with Crippen molar-refractivity contribution in [1.29, 1.82) is 0 Å². The van der Waals surface area contributed by atoms with E-state index in [4.69, 9.17) is 9.82 Å². The maximum absolute atomic E-state index is 13.7. The number of amides is 1. The van der Waals surface area contributed by atoms with Crippen LogP contribution in [0.4, 0.5) is 5.95 Å². The van der Waals surface area contributed by atoms with Crippen molar-refractivity contribution in [2.45, 2.75) is 38.6 Å². The molecule has 34 heavy (non-hydrogen) atoms. The zero-order chi connectivity index (χ0) is 23.3. The van der Waals surface area contributed by atoms with E-state index < -0.39 is 0 Å². The van der Waals surface area contributed by atoms with Gasteiger partial charge in [0.05, 0.1) is 12.6 Å². The second-order valence-corrected chi connectivity index (χ2v) is 9.61. The lowest BCUT2D eigenvalue weighted by Crippen LogP contribution is -2.49. The molecule has 0 aromatic carbocycles. The molecule has 2 atom stereocenters. The Morgan fingerprint density at radius 1 is 1.15 bits per heavy atom. The van der Waals surface area contributed by atoms with E-state index in [0.717, 1.165) is 55.7 Å². The van der Waals surface area contributed by atoms with Crippen LogP contribution < -0.4 is 4.90 Å². The molecule has 176 valence electrons. The molecule has 5 heterocycles. The Morgan fingerprint density at radius 3 is 2.76 bits per heavy atom. The molecule has 0 unspecified atom stereocenters. The van der Waals surface area contributed by atoms with Gasteiger partial charge in [0.15, 0.2) is 5.82 Å². The number of hydroxylamine groups is 2. The van der Waals surface area contributed by atoms with Crippen LogP contribution >= 0.6 is 0 Å². The number of aromatic nitrogens is 6. The Balaban J connectivity index is 1.20. The van der Waals surface area contributed by atoms with Gasteiger partial charge >= 0.3 is 0 Å². The van der Waals surface area contributed by atoms with E-state index in [9.17, 15) is 4.79 Å². The van der Waals surface area contributed by atoms with E-state index in [0.29, 0.717) is 18.4 Å². The Kier molecular flexibility index (Phi) is 5.05. The first-order valence-corrected chi connectivity index (χ1v) is 11.8. The van der Waals surface area contributed by atoms with Crippen LogP contribution in [0.3, 0.4) is 0 Å². The molecule has 0 bridgehead atoms. The number of carbonyl (C=O) groups excluding carboxylic acids is 1. The van der Waals surface area contributed by atoms with Crippen LogP contribution in [0.25, 0.3) is 11.5 Å². The number of piperidine rings is 1. The summed E-state index contributed by atoms with van der Waals surface area (Å²) >= 11 is 0. The molecule has 1 spiro atoms. The molecule has 1 saturated carbocycles. The number of nitrogens with zero attached hydrogens (tertiary/aromatic N) is 8. The van der Waals surface area contributed by atoms with Crippen LogP contribution in [0.1, 0.15) is 43.0 Å². The molecule has 2 aliphatic heterocycles. The number of pyridine rings is 1. The zero-order valence-electron chi connectivity index (χ0n) is 19.5. The first-order valence-electron chi connectivity index (χ1n) is 11.8. The Morgan fingerprint density at radius 2 is 2.03 bits per heavy atom. The van der Waals surface area contributed by atoms with Gasteiger partial charge in [-0.25, -0.2) is 15.0 Å². The molecule has 2 saturated heterocycles. The summed E-state index contributed by atoms with van der Waals surface area (Å²) in [6.45, 7) is 4.01. The first-order chi connectivity index (χ1) is 16.5. The van der Waals surface area contributed by atoms with Gasteiger partial charge in [0.25, 0.3) is 5.91 Å². The van der Waals surface area contributed by atoms with Gasteiger partial charge in [0, 0.05) is 50.6 Å².